The molecular formula is C10H12N4O. The second kappa shape index (κ2) is 4.56. The van der Waals surface area contributed by atoms with Crippen LogP contribution in [-0.2, 0) is 13.1 Å². The highest BCUT2D eigenvalue weighted by Gasteiger charge is 2.02. The molecule has 0 bridgehead atoms. The van der Waals surface area contributed by atoms with Crippen molar-refractivity contribution < 1.29 is 4.42 Å². The molecule has 15 heavy (non-hydrogen) atoms. The molecule has 5 nitrogen and oxygen atoms in total. The van der Waals surface area contributed by atoms with Crippen molar-refractivity contribution in [3.05, 3.63) is 41.8 Å². The van der Waals surface area contributed by atoms with Crippen LogP contribution in [-0.4, -0.2) is 10.2 Å². The van der Waals surface area contributed by atoms with E-state index in [-0.39, 0.29) is 6.54 Å². The van der Waals surface area contributed by atoms with Gasteiger partial charge in [-0.3, -0.25) is 0 Å². The Hall–Kier alpha value is -1.88. The van der Waals surface area contributed by atoms with Crippen LogP contribution in [0.1, 0.15) is 11.5 Å². The molecule has 0 unspecified atom stereocenters. The summed E-state index contributed by atoms with van der Waals surface area (Å²) >= 11 is 0. The van der Waals surface area contributed by atoms with E-state index < -0.39 is 0 Å². The van der Waals surface area contributed by atoms with Gasteiger partial charge in [-0.15, -0.1) is 5.10 Å². The molecule has 0 fully saturated rings. The van der Waals surface area contributed by atoms with Crippen molar-refractivity contribution in [1.82, 2.24) is 10.2 Å². The van der Waals surface area contributed by atoms with Crippen LogP contribution < -0.4 is 11.1 Å². The highest BCUT2D eigenvalue weighted by molar-refractivity contribution is 5.23. The van der Waals surface area contributed by atoms with Gasteiger partial charge < -0.3 is 15.5 Å². The van der Waals surface area contributed by atoms with Crippen LogP contribution in [0.5, 0.6) is 0 Å². The van der Waals surface area contributed by atoms with Crippen molar-refractivity contribution >= 4 is 6.01 Å². The molecule has 0 aliphatic heterocycles. The number of rotatable bonds is 4. The number of anilines is 1. The van der Waals surface area contributed by atoms with E-state index >= 15 is 0 Å². The lowest BCUT2D eigenvalue weighted by molar-refractivity contribution is 0.507. The molecule has 2 aromatic rings. The highest BCUT2D eigenvalue weighted by atomic mass is 16.4. The zero-order valence-electron chi connectivity index (χ0n) is 8.18. The third-order valence-corrected chi connectivity index (χ3v) is 1.93. The fourth-order valence-corrected chi connectivity index (χ4v) is 1.18. The summed E-state index contributed by atoms with van der Waals surface area (Å²) in [5.41, 5.74) is 6.50. The van der Waals surface area contributed by atoms with Gasteiger partial charge in [-0.2, -0.15) is 0 Å². The van der Waals surface area contributed by atoms with Crippen LogP contribution in [0.3, 0.4) is 0 Å². The summed E-state index contributed by atoms with van der Waals surface area (Å²) < 4.78 is 5.20. The van der Waals surface area contributed by atoms with E-state index in [2.05, 4.69) is 15.5 Å². The van der Waals surface area contributed by atoms with E-state index in [0.29, 0.717) is 18.5 Å². The quantitative estimate of drug-likeness (QED) is 0.780. The van der Waals surface area contributed by atoms with E-state index in [0.717, 1.165) is 5.56 Å². The third kappa shape index (κ3) is 2.54. The first-order valence-corrected chi connectivity index (χ1v) is 4.69. The number of aromatic nitrogens is 2. The molecule has 0 spiro atoms. The molecular weight excluding hydrogens is 192 g/mol. The predicted molar refractivity (Wildman–Crippen MR) is 56.0 cm³/mol. The molecule has 1 aromatic heterocycles. The first-order valence-electron chi connectivity index (χ1n) is 4.69. The maximum atomic E-state index is 5.35. The largest absolute Gasteiger partial charge is 0.407 e. The summed E-state index contributed by atoms with van der Waals surface area (Å²) in [6, 6.07) is 10.4. The van der Waals surface area contributed by atoms with Gasteiger partial charge in [0.25, 0.3) is 0 Å². The Labute approximate surface area is 87.3 Å². The Balaban J connectivity index is 1.93. The molecule has 78 valence electrons. The maximum absolute atomic E-state index is 5.35. The van der Waals surface area contributed by atoms with Gasteiger partial charge in [0.15, 0.2) is 0 Å². The molecule has 1 heterocycles. The van der Waals surface area contributed by atoms with E-state index in [9.17, 15) is 0 Å². The molecule has 0 aliphatic carbocycles. The summed E-state index contributed by atoms with van der Waals surface area (Å²) in [6.07, 6.45) is 0. The number of nitrogens with two attached hydrogens (primary N) is 1. The van der Waals surface area contributed by atoms with E-state index in [1.807, 2.05) is 30.3 Å². The summed E-state index contributed by atoms with van der Waals surface area (Å²) in [4.78, 5) is 0. The first kappa shape index (κ1) is 9.67. The Morgan fingerprint density at radius 1 is 1.20 bits per heavy atom. The lowest BCUT2D eigenvalue weighted by Gasteiger charge is -2.00. The van der Waals surface area contributed by atoms with E-state index in [1.54, 1.807) is 0 Å². The van der Waals surface area contributed by atoms with Crippen LogP contribution >= 0.6 is 0 Å². The Morgan fingerprint density at radius 2 is 2.00 bits per heavy atom. The normalized spacial score (nSPS) is 10.2. The van der Waals surface area contributed by atoms with Gasteiger partial charge in [0.1, 0.15) is 0 Å². The van der Waals surface area contributed by atoms with Gasteiger partial charge in [0, 0.05) is 6.54 Å². The number of nitrogens with one attached hydrogen (secondary N) is 1. The lowest BCUT2D eigenvalue weighted by Crippen LogP contribution is -1.99. The summed E-state index contributed by atoms with van der Waals surface area (Å²) in [7, 11) is 0. The lowest BCUT2D eigenvalue weighted by atomic mass is 10.2. The monoisotopic (exact) mass is 204 g/mol. The van der Waals surface area contributed by atoms with Crippen LogP contribution in [0, 0.1) is 0 Å². The van der Waals surface area contributed by atoms with Crippen molar-refractivity contribution in [2.45, 2.75) is 13.1 Å². The molecule has 0 saturated carbocycles. The average Bonchev–Trinajstić information content (AvgIpc) is 2.76. The van der Waals surface area contributed by atoms with Crippen LogP contribution in [0.2, 0.25) is 0 Å². The second-order valence-electron chi connectivity index (χ2n) is 3.04. The molecule has 0 radical (unpaired) electrons. The van der Waals surface area contributed by atoms with Crippen molar-refractivity contribution in [1.29, 1.82) is 0 Å². The van der Waals surface area contributed by atoms with Crippen molar-refractivity contribution in [2.24, 2.45) is 5.73 Å². The Bertz CT molecular complexity index is 412. The maximum Gasteiger partial charge on any atom is 0.315 e. The summed E-state index contributed by atoms with van der Waals surface area (Å²) in [6.45, 7) is 0.924. The minimum atomic E-state index is 0.264. The van der Waals surface area contributed by atoms with E-state index in [4.69, 9.17) is 10.2 Å². The number of hydrogen-bond acceptors (Lipinski definition) is 5. The van der Waals surface area contributed by atoms with Crippen molar-refractivity contribution in [3.8, 4) is 0 Å². The number of nitrogens with zero attached hydrogens (tertiary/aromatic N) is 2. The Kier molecular flexibility index (Phi) is 2.94. The zero-order chi connectivity index (χ0) is 10.5. The number of hydrogen-bond donors (Lipinski definition) is 2. The fourth-order valence-electron chi connectivity index (χ4n) is 1.18. The molecule has 0 amide bonds. The van der Waals surface area contributed by atoms with Gasteiger partial charge in [0.2, 0.25) is 5.89 Å². The van der Waals surface area contributed by atoms with Crippen LogP contribution in [0.25, 0.3) is 0 Å². The molecule has 0 atom stereocenters. The van der Waals surface area contributed by atoms with Gasteiger partial charge in [-0.25, -0.2) is 0 Å². The molecule has 1 aromatic carbocycles. The van der Waals surface area contributed by atoms with Gasteiger partial charge >= 0.3 is 6.01 Å². The minimum Gasteiger partial charge on any atom is -0.407 e. The summed E-state index contributed by atoms with van der Waals surface area (Å²) in [5, 5.41) is 10.6. The van der Waals surface area contributed by atoms with Gasteiger partial charge in [0.05, 0.1) is 6.54 Å². The standard InChI is InChI=1S/C10H12N4O/c11-6-9-13-14-10(15-9)12-7-8-4-2-1-3-5-8/h1-5H,6-7,11H2,(H,12,14). The zero-order valence-corrected chi connectivity index (χ0v) is 8.18. The topological polar surface area (TPSA) is 77.0 Å². The molecule has 3 N–H and O–H groups in total. The smallest absolute Gasteiger partial charge is 0.315 e. The average molecular weight is 204 g/mol. The molecule has 5 heteroatoms. The van der Waals surface area contributed by atoms with Crippen molar-refractivity contribution in [3.63, 3.8) is 0 Å². The fraction of sp³-hybridized carbons (Fsp3) is 0.200. The molecule has 0 saturated heterocycles. The second-order valence-corrected chi connectivity index (χ2v) is 3.04. The molecule has 2 rings (SSSR count). The highest BCUT2D eigenvalue weighted by Crippen LogP contribution is 2.07. The minimum absolute atomic E-state index is 0.264. The Morgan fingerprint density at radius 3 is 2.67 bits per heavy atom. The van der Waals surface area contributed by atoms with Gasteiger partial charge in [-0.05, 0) is 5.56 Å². The van der Waals surface area contributed by atoms with Gasteiger partial charge in [-0.1, -0.05) is 35.4 Å². The molecule has 0 aliphatic rings. The third-order valence-electron chi connectivity index (χ3n) is 1.93. The first-order chi connectivity index (χ1) is 7.38. The van der Waals surface area contributed by atoms with E-state index in [1.165, 1.54) is 0 Å². The predicted octanol–water partition coefficient (Wildman–Crippen LogP) is 1.14. The number of benzene rings is 1. The van der Waals surface area contributed by atoms with Crippen LogP contribution in [0.4, 0.5) is 6.01 Å². The van der Waals surface area contributed by atoms with Crippen LogP contribution in [0.15, 0.2) is 34.7 Å². The SMILES string of the molecule is NCc1nnc(NCc2ccccc2)o1. The summed E-state index contributed by atoms with van der Waals surface area (Å²) in [5.74, 6) is 0.436. The van der Waals surface area contributed by atoms with Crippen molar-refractivity contribution in [2.75, 3.05) is 5.32 Å².